The van der Waals surface area contributed by atoms with E-state index in [-0.39, 0.29) is 10.5 Å². The molecule has 3 rings (SSSR count). The van der Waals surface area contributed by atoms with Gasteiger partial charge in [-0.25, -0.2) is 0 Å². The average molecular weight is 226 g/mol. The predicted molar refractivity (Wildman–Crippen MR) is 71.2 cm³/mol. The Morgan fingerprint density at radius 2 is 1.06 bits per heavy atom. The van der Waals surface area contributed by atoms with Crippen molar-refractivity contribution >= 4 is 15.3 Å². The smallest absolute Gasteiger partial charge is 0.00616 e. The Kier molecular flexibility index (Phi) is 2.63. The molecule has 0 heterocycles. The molecule has 1 aliphatic carbocycles. The van der Waals surface area contributed by atoms with Gasteiger partial charge in [0.15, 0.2) is 0 Å². The third-order valence-corrected chi connectivity index (χ3v) is 5.17. The number of rotatable bonds is 2. The minimum atomic E-state index is 0.225. The third-order valence-electron chi connectivity index (χ3n) is 2.70. The minimum absolute atomic E-state index is 0.225. The monoisotopic (exact) mass is 226 g/mol. The summed E-state index contributed by atoms with van der Waals surface area (Å²) < 4.78 is 0. The SMILES string of the molecule is c1ccc(S(=C2CC2)c2ccccc2)cc1. The summed E-state index contributed by atoms with van der Waals surface area (Å²) in [6.45, 7) is 0. The Bertz CT molecular complexity index is 464. The van der Waals surface area contributed by atoms with Crippen LogP contribution in [0.25, 0.3) is 0 Å². The molecular formula is C15H14S. The second-order valence-corrected chi connectivity index (χ2v) is 6.10. The molecule has 80 valence electrons. The zero-order chi connectivity index (χ0) is 10.8. The Morgan fingerprint density at radius 3 is 1.44 bits per heavy atom. The normalized spacial score (nSPS) is 14.2. The van der Waals surface area contributed by atoms with Crippen molar-refractivity contribution in [1.29, 1.82) is 0 Å². The van der Waals surface area contributed by atoms with E-state index in [2.05, 4.69) is 60.7 Å². The van der Waals surface area contributed by atoms with Crippen LogP contribution in [0.1, 0.15) is 12.8 Å². The van der Waals surface area contributed by atoms with Crippen molar-refractivity contribution in [3.05, 3.63) is 60.7 Å². The Labute approximate surface area is 98.9 Å². The van der Waals surface area contributed by atoms with Gasteiger partial charge < -0.3 is 0 Å². The first-order chi connectivity index (χ1) is 7.95. The van der Waals surface area contributed by atoms with Crippen molar-refractivity contribution < 1.29 is 0 Å². The lowest BCUT2D eigenvalue weighted by Gasteiger charge is -2.09. The van der Waals surface area contributed by atoms with Gasteiger partial charge in [-0.3, -0.25) is 0 Å². The lowest BCUT2D eigenvalue weighted by atomic mass is 10.4. The van der Waals surface area contributed by atoms with E-state index in [9.17, 15) is 0 Å². The Hall–Kier alpha value is -1.34. The van der Waals surface area contributed by atoms with E-state index in [1.54, 1.807) is 4.86 Å². The van der Waals surface area contributed by atoms with Crippen LogP contribution >= 0.6 is 10.5 Å². The van der Waals surface area contributed by atoms with Crippen LogP contribution in [-0.2, 0) is 0 Å². The van der Waals surface area contributed by atoms with E-state index in [0.29, 0.717) is 0 Å². The van der Waals surface area contributed by atoms with E-state index in [0.717, 1.165) is 0 Å². The summed E-state index contributed by atoms with van der Waals surface area (Å²) in [4.78, 5) is 4.62. The molecule has 1 fully saturated rings. The maximum Gasteiger partial charge on any atom is 0.00616 e. The van der Waals surface area contributed by atoms with Crippen molar-refractivity contribution in [3.8, 4) is 0 Å². The molecule has 0 bridgehead atoms. The molecule has 0 nitrogen and oxygen atoms in total. The zero-order valence-corrected chi connectivity index (χ0v) is 9.91. The number of benzene rings is 2. The van der Waals surface area contributed by atoms with Crippen LogP contribution < -0.4 is 0 Å². The number of hydrogen-bond acceptors (Lipinski definition) is 0. The van der Waals surface area contributed by atoms with E-state index in [1.807, 2.05) is 0 Å². The van der Waals surface area contributed by atoms with Crippen molar-refractivity contribution in [2.45, 2.75) is 22.6 Å². The molecule has 16 heavy (non-hydrogen) atoms. The molecular weight excluding hydrogens is 212 g/mol. The van der Waals surface area contributed by atoms with Crippen LogP contribution in [0.4, 0.5) is 0 Å². The highest BCUT2D eigenvalue weighted by atomic mass is 32.2. The fourth-order valence-electron chi connectivity index (χ4n) is 1.84. The van der Waals surface area contributed by atoms with E-state index in [1.165, 1.54) is 22.6 Å². The third kappa shape index (κ3) is 1.96. The summed E-state index contributed by atoms with van der Waals surface area (Å²) in [6, 6.07) is 21.7. The molecule has 0 unspecified atom stereocenters. The van der Waals surface area contributed by atoms with Crippen LogP contribution in [0.15, 0.2) is 70.5 Å². The molecule has 0 amide bonds. The summed E-state index contributed by atoms with van der Waals surface area (Å²) in [7, 11) is 0.225. The molecule has 0 aliphatic heterocycles. The first-order valence-corrected chi connectivity index (χ1v) is 6.87. The number of hydrogen-bond donors (Lipinski definition) is 0. The molecule has 0 saturated heterocycles. The van der Waals surface area contributed by atoms with Crippen LogP contribution in [0.3, 0.4) is 0 Å². The lowest BCUT2D eigenvalue weighted by Crippen LogP contribution is -1.80. The van der Waals surface area contributed by atoms with Gasteiger partial charge in [0.1, 0.15) is 0 Å². The van der Waals surface area contributed by atoms with Gasteiger partial charge in [-0.15, -0.1) is 10.5 Å². The summed E-state index contributed by atoms with van der Waals surface area (Å²) in [5.74, 6) is 0. The first-order valence-electron chi connectivity index (χ1n) is 5.64. The van der Waals surface area contributed by atoms with Crippen molar-refractivity contribution in [1.82, 2.24) is 0 Å². The highest BCUT2D eigenvalue weighted by Crippen LogP contribution is 2.42. The summed E-state index contributed by atoms with van der Waals surface area (Å²) in [6.07, 6.45) is 2.62. The summed E-state index contributed by atoms with van der Waals surface area (Å²) >= 11 is 0. The maximum absolute atomic E-state index is 2.25. The lowest BCUT2D eigenvalue weighted by molar-refractivity contribution is 1.40. The second kappa shape index (κ2) is 4.26. The van der Waals surface area contributed by atoms with Gasteiger partial charge in [-0.05, 0) is 42.0 Å². The predicted octanol–water partition coefficient (Wildman–Crippen LogP) is 4.34. The van der Waals surface area contributed by atoms with Gasteiger partial charge in [0.2, 0.25) is 0 Å². The molecule has 1 aliphatic rings. The molecule has 2 aromatic carbocycles. The Morgan fingerprint density at radius 1 is 0.625 bits per heavy atom. The molecule has 0 N–H and O–H groups in total. The quantitative estimate of drug-likeness (QED) is 0.668. The van der Waals surface area contributed by atoms with Gasteiger partial charge in [0, 0.05) is 9.79 Å². The van der Waals surface area contributed by atoms with Gasteiger partial charge in [-0.1, -0.05) is 36.4 Å². The fourth-order valence-corrected chi connectivity index (χ4v) is 4.15. The van der Waals surface area contributed by atoms with Crippen molar-refractivity contribution in [3.63, 3.8) is 0 Å². The van der Waals surface area contributed by atoms with Gasteiger partial charge >= 0.3 is 0 Å². The van der Waals surface area contributed by atoms with Crippen LogP contribution in [0.5, 0.6) is 0 Å². The molecule has 1 heteroatoms. The Balaban J connectivity index is 2.12. The van der Waals surface area contributed by atoms with Gasteiger partial charge in [-0.2, -0.15) is 0 Å². The van der Waals surface area contributed by atoms with Crippen LogP contribution in [-0.4, -0.2) is 4.86 Å². The fraction of sp³-hybridized carbons (Fsp3) is 0.133. The van der Waals surface area contributed by atoms with E-state index >= 15 is 0 Å². The van der Waals surface area contributed by atoms with Gasteiger partial charge in [0.05, 0.1) is 0 Å². The highest BCUT2D eigenvalue weighted by Gasteiger charge is 2.18. The van der Waals surface area contributed by atoms with E-state index < -0.39 is 0 Å². The summed E-state index contributed by atoms with van der Waals surface area (Å²) in [5, 5.41) is 0. The van der Waals surface area contributed by atoms with Gasteiger partial charge in [0.25, 0.3) is 0 Å². The van der Waals surface area contributed by atoms with Crippen molar-refractivity contribution in [2.24, 2.45) is 0 Å². The van der Waals surface area contributed by atoms with Crippen LogP contribution in [0, 0.1) is 0 Å². The van der Waals surface area contributed by atoms with Crippen LogP contribution in [0.2, 0.25) is 0 Å². The first kappa shape index (κ1) is 9.86. The van der Waals surface area contributed by atoms with Crippen molar-refractivity contribution in [2.75, 3.05) is 0 Å². The largest absolute Gasteiger partial charge is 0.124 e. The summed E-state index contributed by atoms with van der Waals surface area (Å²) in [5.41, 5.74) is 0. The molecule has 0 spiro atoms. The highest BCUT2D eigenvalue weighted by molar-refractivity contribution is 8.16. The van der Waals surface area contributed by atoms with E-state index in [4.69, 9.17) is 0 Å². The molecule has 2 aromatic rings. The average Bonchev–Trinajstić information content (AvgIpc) is 3.17. The maximum atomic E-state index is 2.25. The second-order valence-electron chi connectivity index (χ2n) is 3.97. The standard InChI is InChI=1S/C15H14S/c1-3-7-13(8-4-1)16(15-11-12-15)14-9-5-2-6-10-14/h1-10H,11-12H2. The topological polar surface area (TPSA) is 0 Å². The molecule has 1 saturated carbocycles. The molecule has 0 aromatic heterocycles. The zero-order valence-electron chi connectivity index (χ0n) is 9.10. The minimum Gasteiger partial charge on any atom is -0.124 e. The molecule has 0 radical (unpaired) electrons. The molecule has 0 atom stereocenters.